The molecule has 5 rings (SSSR count). The molecule has 0 spiro atoms. The highest BCUT2D eigenvalue weighted by atomic mass is 19.4. The molecule has 0 aliphatic heterocycles. The SMILES string of the molecule is COc1cc2c(cc1O)/C(=N/OCc1cccc(C(F)(F)F)c1)C[C@@H]1[C@@H]2CC[C@]2(C)[C@@H](O)CC[C@@H]12. The lowest BCUT2D eigenvalue weighted by atomic mass is 9.55. The van der Waals surface area contributed by atoms with Gasteiger partial charge in [0.1, 0.15) is 6.61 Å². The average Bonchev–Trinajstić information content (AvgIpc) is 3.13. The van der Waals surface area contributed by atoms with Crippen LogP contribution in [0, 0.1) is 17.3 Å². The summed E-state index contributed by atoms with van der Waals surface area (Å²) in [4.78, 5) is 5.58. The smallest absolute Gasteiger partial charge is 0.416 e. The highest BCUT2D eigenvalue weighted by Gasteiger charge is 2.55. The van der Waals surface area contributed by atoms with Crippen LogP contribution >= 0.6 is 0 Å². The number of phenols is 1. The van der Waals surface area contributed by atoms with Crippen molar-refractivity contribution in [1.82, 2.24) is 0 Å². The molecule has 35 heavy (non-hydrogen) atoms. The Balaban J connectivity index is 1.47. The molecule has 0 heterocycles. The van der Waals surface area contributed by atoms with Crippen LogP contribution in [0.3, 0.4) is 0 Å². The van der Waals surface area contributed by atoms with E-state index >= 15 is 0 Å². The number of methoxy groups -OCH3 is 1. The number of hydrogen-bond donors (Lipinski definition) is 2. The first-order valence-electron chi connectivity index (χ1n) is 12.1. The largest absolute Gasteiger partial charge is 0.504 e. The summed E-state index contributed by atoms with van der Waals surface area (Å²) < 4.78 is 44.5. The van der Waals surface area contributed by atoms with Gasteiger partial charge in [-0.25, -0.2) is 0 Å². The van der Waals surface area contributed by atoms with Gasteiger partial charge in [-0.05, 0) is 90.7 Å². The molecule has 0 saturated heterocycles. The van der Waals surface area contributed by atoms with Gasteiger partial charge in [-0.15, -0.1) is 0 Å². The molecule has 0 amide bonds. The summed E-state index contributed by atoms with van der Waals surface area (Å²) in [6.45, 7) is 2.08. The fraction of sp³-hybridized carbons (Fsp3) is 0.519. The quantitative estimate of drug-likeness (QED) is 0.516. The number of aromatic hydroxyl groups is 1. The first kappa shape index (κ1) is 24.0. The molecule has 2 aromatic carbocycles. The van der Waals surface area contributed by atoms with Gasteiger partial charge in [-0.2, -0.15) is 13.2 Å². The van der Waals surface area contributed by atoms with E-state index < -0.39 is 11.7 Å². The predicted octanol–water partition coefficient (Wildman–Crippen LogP) is 6.02. The molecular formula is C27H30F3NO4. The van der Waals surface area contributed by atoms with Crippen LogP contribution in [0.4, 0.5) is 13.2 Å². The van der Waals surface area contributed by atoms with Gasteiger partial charge >= 0.3 is 6.18 Å². The van der Waals surface area contributed by atoms with Crippen molar-refractivity contribution in [3.63, 3.8) is 0 Å². The zero-order chi connectivity index (χ0) is 25.0. The van der Waals surface area contributed by atoms with Crippen LogP contribution in [0.5, 0.6) is 11.5 Å². The zero-order valence-electron chi connectivity index (χ0n) is 19.8. The molecule has 2 aromatic rings. The van der Waals surface area contributed by atoms with Gasteiger partial charge in [-0.3, -0.25) is 0 Å². The Kier molecular flexibility index (Phi) is 5.98. The molecule has 2 saturated carbocycles. The molecule has 0 aromatic heterocycles. The molecule has 5 nitrogen and oxygen atoms in total. The standard InChI is InChI=1S/C27H30F3NO4/c1-26-9-8-17-18-13-24(34-2)23(32)12-20(18)22(11-19(17)21(26)6-7-25(26)33)31-35-14-15-4-3-5-16(10-15)27(28,29)30/h3-5,10,12-13,17,19,21,25,32-33H,6-9,11,14H2,1-2H3/b31-22+/t17-,19-,21+,25+,26+/m1/s1. The fourth-order valence-corrected chi connectivity index (χ4v) is 6.68. The molecule has 5 atom stereocenters. The third-order valence-corrected chi connectivity index (χ3v) is 8.54. The average molecular weight is 490 g/mol. The molecule has 188 valence electrons. The summed E-state index contributed by atoms with van der Waals surface area (Å²) in [5, 5.41) is 25.5. The van der Waals surface area contributed by atoms with E-state index in [9.17, 15) is 23.4 Å². The van der Waals surface area contributed by atoms with Crippen molar-refractivity contribution in [3.8, 4) is 11.5 Å². The summed E-state index contributed by atoms with van der Waals surface area (Å²) in [6.07, 6.45) is -0.526. The number of fused-ring (bicyclic) bond motifs is 5. The minimum absolute atomic E-state index is 0.00668. The fourth-order valence-electron chi connectivity index (χ4n) is 6.68. The van der Waals surface area contributed by atoms with E-state index in [1.807, 2.05) is 6.07 Å². The number of phenolic OH excluding ortho intramolecular Hbond substituents is 1. The Bertz CT molecular complexity index is 1150. The number of aliphatic hydroxyl groups is 1. The molecule has 3 aliphatic rings. The summed E-state index contributed by atoms with van der Waals surface area (Å²) in [6, 6.07) is 8.54. The van der Waals surface area contributed by atoms with E-state index in [2.05, 4.69) is 12.1 Å². The maximum Gasteiger partial charge on any atom is 0.416 e. The second kappa shape index (κ2) is 8.73. The van der Waals surface area contributed by atoms with Crippen molar-refractivity contribution < 1.29 is 33.0 Å². The maximum absolute atomic E-state index is 13.0. The van der Waals surface area contributed by atoms with E-state index in [4.69, 9.17) is 9.57 Å². The lowest BCUT2D eigenvalue weighted by molar-refractivity contribution is -0.137. The van der Waals surface area contributed by atoms with Gasteiger partial charge in [-0.1, -0.05) is 24.2 Å². The maximum atomic E-state index is 13.0. The Morgan fingerprint density at radius 1 is 1.14 bits per heavy atom. The van der Waals surface area contributed by atoms with Crippen LogP contribution in [-0.2, 0) is 17.6 Å². The summed E-state index contributed by atoms with van der Waals surface area (Å²) in [5.74, 6) is 1.24. The van der Waals surface area contributed by atoms with E-state index in [0.29, 0.717) is 29.4 Å². The minimum atomic E-state index is -4.42. The highest BCUT2D eigenvalue weighted by molar-refractivity contribution is 6.03. The summed E-state index contributed by atoms with van der Waals surface area (Å²) in [7, 11) is 1.51. The van der Waals surface area contributed by atoms with Gasteiger partial charge in [0.25, 0.3) is 0 Å². The number of halogens is 3. The molecule has 3 aliphatic carbocycles. The summed E-state index contributed by atoms with van der Waals surface area (Å²) >= 11 is 0. The number of hydrogen-bond acceptors (Lipinski definition) is 5. The van der Waals surface area contributed by atoms with Crippen LogP contribution in [0.15, 0.2) is 41.6 Å². The van der Waals surface area contributed by atoms with Crippen molar-refractivity contribution in [2.45, 2.75) is 63.8 Å². The number of nitrogens with zero attached hydrogens (tertiary/aromatic N) is 1. The normalized spacial score (nSPS) is 31.0. The molecule has 0 unspecified atom stereocenters. The lowest BCUT2D eigenvalue weighted by Crippen LogP contribution is -2.45. The van der Waals surface area contributed by atoms with Crippen LogP contribution < -0.4 is 4.74 Å². The number of rotatable bonds is 4. The van der Waals surface area contributed by atoms with Crippen molar-refractivity contribution in [1.29, 1.82) is 0 Å². The monoisotopic (exact) mass is 489 g/mol. The minimum Gasteiger partial charge on any atom is -0.504 e. The van der Waals surface area contributed by atoms with Crippen LogP contribution in [0.25, 0.3) is 0 Å². The topological polar surface area (TPSA) is 71.3 Å². The zero-order valence-corrected chi connectivity index (χ0v) is 19.8. The van der Waals surface area contributed by atoms with Gasteiger partial charge in [0.2, 0.25) is 0 Å². The Hall–Kier alpha value is -2.74. The molecule has 0 bridgehead atoms. The van der Waals surface area contributed by atoms with Gasteiger partial charge in [0, 0.05) is 5.56 Å². The number of oxime groups is 1. The Morgan fingerprint density at radius 2 is 1.94 bits per heavy atom. The molecular weight excluding hydrogens is 459 g/mol. The molecule has 2 fully saturated rings. The number of aliphatic hydroxyl groups excluding tert-OH is 1. The van der Waals surface area contributed by atoms with Gasteiger partial charge in [0.15, 0.2) is 11.5 Å². The number of ether oxygens (including phenoxy) is 1. The van der Waals surface area contributed by atoms with Gasteiger partial charge in [0.05, 0.1) is 24.5 Å². The van der Waals surface area contributed by atoms with E-state index in [1.54, 1.807) is 12.1 Å². The number of benzene rings is 2. The first-order chi connectivity index (χ1) is 16.6. The van der Waals surface area contributed by atoms with Crippen LogP contribution in [0.2, 0.25) is 0 Å². The molecule has 2 N–H and O–H groups in total. The van der Waals surface area contributed by atoms with Crippen LogP contribution in [0.1, 0.15) is 67.2 Å². The van der Waals surface area contributed by atoms with E-state index in [1.165, 1.54) is 13.2 Å². The second-order valence-corrected chi connectivity index (χ2v) is 10.3. The summed E-state index contributed by atoms with van der Waals surface area (Å²) in [5.41, 5.74) is 2.01. The highest BCUT2D eigenvalue weighted by Crippen LogP contribution is 2.61. The Morgan fingerprint density at radius 3 is 2.69 bits per heavy atom. The third kappa shape index (κ3) is 4.15. The van der Waals surface area contributed by atoms with E-state index in [0.717, 1.165) is 48.9 Å². The van der Waals surface area contributed by atoms with E-state index in [-0.39, 0.29) is 35.7 Å². The first-order valence-corrected chi connectivity index (χ1v) is 12.1. The molecule has 0 radical (unpaired) electrons. The predicted molar refractivity (Wildman–Crippen MR) is 124 cm³/mol. The van der Waals surface area contributed by atoms with Crippen molar-refractivity contribution in [2.75, 3.05) is 7.11 Å². The van der Waals surface area contributed by atoms with Gasteiger partial charge < -0.3 is 19.8 Å². The van der Waals surface area contributed by atoms with Crippen LogP contribution in [-0.4, -0.2) is 29.1 Å². The van der Waals surface area contributed by atoms with Crippen molar-refractivity contribution in [2.24, 2.45) is 22.4 Å². The van der Waals surface area contributed by atoms with Crippen molar-refractivity contribution in [3.05, 3.63) is 58.7 Å². The second-order valence-electron chi connectivity index (χ2n) is 10.3. The number of alkyl halides is 3. The lowest BCUT2D eigenvalue weighted by Gasteiger charge is -2.50. The Labute approximate surface area is 202 Å². The third-order valence-electron chi connectivity index (χ3n) is 8.54. The van der Waals surface area contributed by atoms with Crippen molar-refractivity contribution >= 4 is 5.71 Å². The molecule has 8 heteroatoms.